The van der Waals surface area contributed by atoms with Gasteiger partial charge in [-0.1, -0.05) is 42.5 Å². The first-order chi connectivity index (χ1) is 17.8. The molecular formula is C27H29N3O5S2. The molecule has 194 valence electrons. The van der Waals surface area contributed by atoms with Gasteiger partial charge in [-0.3, -0.25) is 9.52 Å². The Bertz CT molecular complexity index is 1390. The number of carbonyl (C=O) groups is 1. The number of nitrogens with one attached hydrogen (secondary N) is 3. The maximum atomic E-state index is 13.1. The van der Waals surface area contributed by atoms with Crippen molar-refractivity contribution >= 4 is 39.3 Å². The number of amides is 1. The maximum Gasteiger partial charge on any atom is 0.264 e. The van der Waals surface area contributed by atoms with E-state index in [1.54, 1.807) is 57.7 Å². The Labute approximate surface area is 222 Å². The second kappa shape index (κ2) is 12.9. The minimum atomic E-state index is -3.94. The molecule has 0 spiro atoms. The van der Waals surface area contributed by atoms with Gasteiger partial charge in [-0.25, -0.2) is 8.42 Å². The summed E-state index contributed by atoms with van der Waals surface area (Å²) >= 11 is 5.01. The van der Waals surface area contributed by atoms with E-state index in [0.29, 0.717) is 30.0 Å². The molecule has 0 aliphatic carbocycles. The molecule has 0 heterocycles. The maximum absolute atomic E-state index is 13.1. The first kappa shape index (κ1) is 27.7. The Morgan fingerprint density at radius 2 is 1.76 bits per heavy atom. The summed E-state index contributed by atoms with van der Waals surface area (Å²) in [5, 5.41) is 5.44. The van der Waals surface area contributed by atoms with Crippen LogP contribution >= 0.6 is 12.2 Å². The van der Waals surface area contributed by atoms with Crippen LogP contribution in [0.15, 0.2) is 77.7 Å². The average molecular weight is 540 g/mol. The summed E-state index contributed by atoms with van der Waals surface area (Å²) in [5.74, 6) is 0.954. The SMILES string of the molecule is CNC(=S)NS(=O)(=O)c1cc(CCNC(=O)C=Cc2ccc(OC)cc2OC)ccc1-c1ccccc1. The topological polar surface area (TPSA) is 106 Å². The molecule has 8 nitrogen and oxygen atoms in total. The van der Waals surface area contributed by atoms with Crippen molar-refractivity contribution in [1.82, 2.24) is 15.4 Å². The summed E-state index contributed by atoms with van der Waals surface area (Å²) in [6, 6.07) is 19.8. The molecule has 3 aromatic rings. The van der Waals surface area contributed by atoms with Crippen molar-refractivity contribution in [3.63, 3.8) is 0 Å². The Hall–Kier alpha value is -3.89. The molecule has 10 heteroatoms. The summed E-state index contributed by atoms with van der Waals surface area (Å²) in [6.45, 7) is 0.315. The molecule has 1 amide bonds. The predicted octanol–water partition coefficient (Wildman–Crippen LogP) is 3.53. The number of methoxy groups -OCH3 is 2. The Morgan fingerprint density at radius 3 is 2.43 bits per heavy atom. The average Bonchev–Trinajstić information content (AvgIpc) is 2.91. The molecule has 0 aliphatic rings. The molecule has 0 aromatic heterocycles. The molecule has 3 N–H and O–H groups in total. The van der Waals surface area contributed by atoms with Gasteiger partial charge in [-0.2, -0.15) is 0 Å². The second-order valence-corrected chi connectivity index (χ2v) is 9.92. The Morgan fingerprint density at radius 1 is 1.00 bits per heavy atom. The largest absolute Gasteiger partial charge is 0.497 e. The monoisotopic (exact) mass is 539 g/mol. The highest BCUT2D eigenvalue weighted by Gasteiger charge is 2.21. The molecule has 0 radical (unpaired) electrons. The van der Waals surface area contributed by atoms with Crippen LogP contribution < -0.4 is 24.8 Å². The van der Waals surface area contributed by atoms with Crippen molar-refractivity contribution in [1.29, 1.82) is 0 Å². The fourth-order valence-electron chi connectivity index (χ4n) is 3.54. The van der Waals surface area contributed by atoms with Crippen LogP contribution in [0.25, 0.3) is 17.2 Å². The van der Waals surface area contributed by atoms with E-state index in [0.717, 1.165) is 16.7 Å². The minimum absolute atomic E-state index is 0.00282. The molecule has 3 aromatic carbocycles. The summed E-state index contributed by atoms with van der Waals surface area (Å²) in [7, 11) is 0.720. The van der Waals surface area contributed by atoms with Crippen molar-refractivity contribution in [3.05, 3.63) is 83.9 Å². The summed E-state index contributed by atoms with van der Waals surface area (Å²) < 4.78 is 39.1. The number of carbonyl (C=O) groups excluding carboxylic acids is 1. The van der Waals surface area contributed by atoms with Crippen molar-refractivity contribution in [2.24, 2.45) is 0 Å². The smallest absolute Gasteiger partial charge is 0.264 e. The van der Waals surface area contributed by atoms with Crippen molar-refractivity contribution < 1.29 is 22.7 Å². The lowest BCUT2D eigenvalue weighted by Crippen LogP contribution is -2.37. The molecule has 0 atom stereocenters. The highest BCUT2D eigenvalue weighted by atomic mass is 32.2. The number of hydrogen-bond acceptors (Lipinski definition) is 6. The van der Waals surface area contributed by atoms with Gasteiger partial charge in [0, 0.05) is 36.9 Å². The van der Waals surface area contributed by atoms with Crippen LogP contribution in [-0.4, -0.2) is 47.2 Å². The standard InChI is InChI=1S/C27H29N3O5S2/c1-28-27(36)30-37(32,33)25-17-19(9-13-23(25)20-7-5-4-6-8-20)15-16-29-26(31)14-11-21-10-12-22(34-2)18-24(21)35-3/h4-14,17-18H,15-16H2,1-3H3,(H,29,31)(H2,28,30,36). The van der Waals surface area contributed by atoms with E-state index in [1.807, 2.05) is 36.4 Å². The highest BCUT2D eigenvalue weighted by Crippen LogP contribution is 2.29. The third-order valence-corrected chi connectivity index (χ3v) is 7.27. The van der Waals surface area contributed by atoms with Gasteiger partial charge in [0.25, 0.3) is 10.0 Å². The van der Waals surface area contributed by atoms with Crippen LogP contribution in [-0.2, 0) is 21.2 Å². The quantitative estimate of drug-likeness (QED) is 0.267. The van der Waals surface area contributed by atoms with Gasteiger partial charge in [0.1, 0.15) is 11.5 Å². The van der Waals surface area contributed by atoms with Gasteiger partial charge < -0.3 is 20.1 Å². The molecular weight excluding hydrogens is 510 g/mol. The van der Waals surface area contributed by atoms with E-state index in [-0.39, 0.29) is 15.9 Å². The molecule has 37 heavy (non-hydrogen) atoms. The first-order valence-electron chi connectivity index (χ1n) is 11.4. The van der Waals surface area contributed by atoms with Gasteiger partial charge in [-0.15, -0.1) is 0 Å². The summed E-state index contributed by atoms with van der Waals surface area (Å²) in [4.78, 5) is 12.5. The third-order valence-electron chi connectivity index (χ3n) is 5.44. The number of hydrogen-bond donors (Lipinski definition) is 3. The molecule has 0 fully saturated rings. The second-order valence-electron chi connectivity index (χ2n) is 7.86. The van der Waals surface area contributed by atoms with Crippen LogP contribution in [0.3, 0.4) is 0 Å². The zero-order chi connectivity index (χ0) is 26.8. The van der Waals surface area contributed by atoms with Crippen LogP contribution in [0.1, 0.15) is 11.1 Å². The van der Waals surface area contributed by atoms with Crippen molar-refractivity contribution in [2.75, 3.05) is 27.8 Å². The van der Waals surface area contributed by atoms with E-state index in [4.69, 9.17) is 21.7 Å². The van der Waals surface area contributed by atoms with Gasteiger partial charge in [0.2, 0.25) is 5.91 Å². The van der Waals surface area contributed by atoms with Crippen LogP contribution in [0, 0.1) is 0 Å². The van der Waals surface area contributed by atoms with E-state index >= 15 is 0 Å². The highest BCUT2D eigenvalue weighted by molar-refractivity contribution is 7.92. The first-order valence-corrected chi connectivity index (χ1v) is 13.3. The van der Waals surface area contributed by atoms with E-state index in [2.05, 4.69) is 15.4 Å². The lowest BCUT2D eigenvalue weighted by Gasteiger charge is -2.15. The fourth-order valence-corrected chi connectivity index (χ4v) is 5.11. The fraction of sp³-hybridized carbons (Fsp3) is 0.185. The lowest BCUT2D eigenvalue weighted by molar-refractivity contribution is -0.116. The molecule has 0 aliphatic heterocycles. The normalized spacial score (nSPS) is 11.1. The Kier molecular flexibility index (Phi) is 9.64. The Balaban J connectivity index is 1.73. The van der Waals surface area contributed by atoms with E-state index < -0.39 is 10.0 Å². The molecule has 0 saturated carbocycles. The number of benzene rings is 3. The van der Waals surface area contributed by atoms with E-state index in [1.165, 1.54) is 6.08 Å². The molecule has 0 saturated heterocycles. The number of rotatable bonds is 10. The minimum Gasteiger partial charge on any atom is -0.497 e. The number of thiocarbonyl (C=S) groups is 1. The van der Waals surface area contributed by atoms with Gasteiger partial charge >= 0.3 is 0 Å². The third kappa shape index (κ3) is 7.55. The van der Waals surface area contributed by atoms with Gasteiger partial charge in [-0.05, 0) is 54.0 Å². The zero-order valence-electron chi connectivity index (χ0n) is 20.8. The zero-order valence-corrected chi connectivity index (χ0v) is 22.4. The number of sulfonamides is 1. The van der Waals surface area contributed by atoms with Crippen LogP contribution in [0.5, 0.6) is 11.5 Å². The van der Waals surface area contributed by atoms with Crippen molar-refractivity contribution in [3.8, 4) is 22.6 Å². The lowest BCUT2D eigenvalue weighted by atomic mass is 10.0. The molecule has 0 bridgehead atoms. The summed E-state index contributed by atoms with van der Waals surface area (Å²) in [5.41, 5.74) is 2.79. The molecule has 0 unspecified atom stereocenters. The van der Waals surface area contributed by atoms with E-state index in [9.17, 15) is 13.2 Å². The number of ether oxygens (including phenoxy) is 2. The van der Waals surface area contributed by atoms with Crippen LogP contribution in [0.4, 0.5) is 0 Å². The van der Waals surface area contributed by atoms with Gasteiger partial charge in [0.05, 0.1) is 19.1 Å². The molecule has 3 rings (SSSR count). The van der Waals surface area contributed by atoms with Crippen molar-refractivity contribution in [2.45, 2.75) is 11.3 Å². The van der Waals surface area contributed by atoms with Crippen LogP contribution in [0.2, 0.25) is 0 Å². The van der Waals surface area contributed by atoms with Gasteiger partial charge in [0.15, 0.2) is 5.11 Å². The summed E-state index contributed by atoms with van der Waals surface area (Å²) in [6.07, 6.45) is 3.50. The predicted molar refractivity (Wildman–Crippen MR) is 149 cm³/mol.